The summed E-state index contributed by atoms with van der Waals surface area (Å²) in [6, 6.07) is 9.87. The van der Waals surface area contributed by atoms with Crippen LogP contribution in [-0.4, -0.2) is 12.6 Å². The molecule has 0 aliphatic carbocycles. The molecule has 0 amide bonds. The zero-order valence-electron chi connectivity index (χ0n) is 15.6. The van der Waals surface area contributed by atoms with Crippen LogP contribution in [0.1, 0.15) is 83.6 Å². The molecule has 2 heteroatoms. The SMILES string of the molecule is CCCCCCCCCCCCOC(=O)/C(C)=C/c1ccccc1. The summed E-state index contributed by atoms with van der Waals surface area (Å²) in [5, 5.41) is 0. The molecule has 1 aromatic carbocycles. The van der Waals surface area contributed by atoms with Crippen molar-refractivity contribution < 1.29 is 9.53 Å². The molecule has 0 atom stereocenters. The molecule has 0 aromatic heterocycles. The number of ether oxygens (including phenoxy) is 1. The van der Waals surface area contributed by atoms with Gasteiger partial charge in [-0.3, -0.25) is 0 Å². The topological polar surface area (TPSA) is 26.3 Å². The Morgan fingerprint density at radius 1 is 0.875 bits per heavy atom. The Hall–Kier alpha value is -1.57. The largest absolute Gasteiger partial charge is 0.462 e. The molecular weight excluding hydrogens is 296 g/mol. The first-order valence-electron chi connectivity index (χ1n) is 9.64. The lowest BCUT2D eigenvalue weighted by atomic mass is 10.1. The van der Waals surface area contributed by atoms with Crippen LogP contribution in [0.2, 0.25) is 0 Å². The maximum atomic E-state index is 11.9. The average molecular weight is 331 g/mol. The summed E-state index contributed by atoms with van der Waals surface area (Å²) < 4.78 is 5.34. The normalized spacial score (nSPS) is 11.5. The molecule has 0 aliphatic heterocycles. The van der Waals surface area contributed by atoms with Gasteiger partial charge in [0.2, 0.25) is 0 Å². The van der Waals surface area contributed by atoms with E-state index in [1.807, 2.05) is 43.3 Å². The van der Waals surface area contributed by atoms with E-state index in [0.29, 0.717) is 12.2 Å². The lowest BCUT2D eigenvalue weighted by molar-refractivity contribution is -0.139. The molecule has 2 nitrogen and oxygen atoms in total. The van der Waals surface area contributed by atoms with Crippen molar-refractivity contribution in [2.24, 2.45) is 0 Å². The van der Waals surface area contributed by atoms with E-state index in [1.165, 1.54) is 51.4 Å². The van der Waals surface area contributed by atoms with Crippen LogP contribution in [0.4, 0.5) is 0 Å². The number of rotatable bonds is 13. The van der Waals surface area contributed by atoms with Crippen molar-refractivity contribution in [2.45, 2.75) is 78.1 Å². The Balaban J connectivity index is 2.01. The van der Waals surface area contributed by atoms with Gasteiger partial charge in [-0.1, -0.05) is 95.0 Å². The van der Waals surface area contributed by atoms with E-state index < -0.39 is 0 Å². The first-order valence-corrected chi connectivity index (χ1v) is 9.64. The molecule has 0 fully saturated rings. The van der Waals surface area contributed by atoms with Gasteiger partial charge >= 0.3 is 5.97 Å². The van der Waals surface area contributed by atoms with Gasteiger partial charge in [0.1, 0.15) is 0 Å². The molecule has 134 valence electrons. The van der Waals surface area contributed by atoms with Gasteiger partial charge in [-0.2, -0.15) is 0 Å². The van der Waals surface area contributed by atoms with Gasteiger partial charge in [0.05, 0.1) is 6.61 Å². The number of benzene rings is 1. The van der Waals surface area contributed by atoms with E-state index in [-0.39, 0.29) is 5.97 Å². The van der Waals surface area contributed by atoms with Gasteiger partial charge in [0.15, 0.2) is 0 Å². The van der Waals surface area contributed by atoms with E-state index in [9.17, 15) is 4.79 Å². The summed E-state index contributed by atoms with van der Waals surface area (Å²) in [7, 11) is 0. The number of carbonyl (C=O) groups is 1. The summed E-state index contributed by atoms with van der Waals surface area (Å²) in [5.74, 6) is -0.199. The molecule has 1 aromatic rings. The Morgan fingerprint density at radius 3 is 2.00 bits per heavy atom. The summed E-state index contributed by atoms with van der Waals surface area (Å²) in [5.41, 5.74) is 1.69. The van der Waals surface area contributed by atoms with Crippen molar-refractivity contribution in [3.63, 3.8) is 0 Å². The van der Waals surface area contributed by atoms with Gasteiger partial charge in [0, 0.05) is 5.57 Å². The van der Waals surface area contributed by atoms with E-state index in [1.54, 1.807) is 0 Å². The van der Waals surface area contributed by atoms with Crippen LogP contribution in [-0.2, 0) is 9.53 Å². The Kier molecular flexibility index (Phi) is 11.8. The fourth-order valence-electron chi connectivity index (χ4n) is 2.73. The minimum atomic E-state index is -0.199. The van der Waals surface area contributed by atoms with Crippen LogP contribution in [0.5, 0.6) is 0 Å². The minimum absolute atomic E-state index is 0.199. The number of hydrogen-bond donors (Lipinski definition) is 0. The van der Waals surface area contributed by atoms with Gasteiger partial charge in [-0.05, 0) is 25.0 Å². The molecule has 0 unspecified atom stereocenters. The van der Waals surface area contributed by atoms with Crippen LogP contribution in [0.15, 0.2) is 35.9 Å². The first kappa shape index (κ1) is 20.5. The highest BCUT2D eigenvalue weighted by molar-refractivity contribution is 5.92. The van der Waals surface area contributed by atoms with E-state index in [4.69, 9.17) is 4.74 Å². The van der Waals surface area contributed by atoms with Gasteiger partial charge in [-0.25, -0.2) is 4.79 Å². The van der Waals surface area contributed by atoms with E-state index in [0.717, 1.165) is 18.4 Å². The standard InChI is InChI=1S/C22H34O2/c1-3-4-5-6-7-8-9-10-11-15-18-24-22(23)20(2)19-21-16-13-12-14-17-21/h12-14,16-17,19H,3-11,15,18H2,1-2H3/b20-19+. The maximum absolute atomic E-state index is 11.9. The number of esters is 1. The maximum Gasteiger partial charge on any atom is 0.333 e. The lowest BCUT2D eigenvalue weighted by Crippen LogP contribution is -2.07. The zero-order valence-corrected chi connectivity index (χ0v) is 15.6. The van der Waals surface area contributed by atoms with Crippen LogP contribution < -0.4 is 0 Å². The second kappa shape index (κ2) is 13.8. The fraction of sp³-hybridized carbons (Fsp3) is 0.591. The summed E-state index contributed by atoms with van der Waals surface area (Å²) >= 11 is 0. The van der Waals surface area contributed by atoms with Crippen molar-refractivity contribution in [1.82, 2.24) is 0 Å². The third-order valence-electron chi connectivity index (χ3n) is 4.24. The Labute approximate surface area is 148 Å². The third-order valence-corrected chi connectivity index (χ3v) is 4.24. The second-order valence-corrected chi connectivity index (χ2v) is 6.56. The van der Waals surface area contributed by atoms with Crippen molar-refractivity contribution in [3.05, 3.63) is 41.5 Å². The molecule has 0 aliphatic rings. The number of hydrogen-bond acceptors (Lipinski definition) is 2. The summed E-state index contributed by atoms with van der Waals surface area (Å²) in [6.07, 6.45) is 14.8. The summed E-state index contributed by atoms with van der Waals surface area (Å²) in [6.45, 7) is 4.61. The van der Waals surface area contributed by atoms with Crippen molar-refractivity contribution in [1.29, 1.82) is 0 Å². The molecule has 0 saturated carbocycles. The average Bonchev–Trinajstić information content (AvgIpc) is 2.60. The molecule has 0 N–H and O–H groups in total. The molecular formula is C22H34O2. The van der Waals surface area contributed by atoms with Gasteiger partial charge < -0.3 is 4.74 Å². The number of unbranched alkanes of at least 4 members (excludes halogenated alkanes) is 9. The Bertz CT molecular complexity index is 462. The molecule has 0 bridgehead atoms. The monoisotopic (exact) mass is 330 g/mol. The predicted octanol–water partition coefficient (Wildman–Crippen LogP) is 6.55. The molecule has 0 radical (unpaired) electrons. The second-order valence-electron chi connectivity index (χ2n) is 6.56. The van der Waals surface area contributed by atoms with Gasteiger partial charge in [0.25, 0.3) is 0 Å². The van der Waals surface area contributed by atoms with Crippen molar-refractivity contribution in [2.75, 3.05) is 6.61 Å². The highest BCUT2D eigenvalue weighted by Gasteiger charge is 2.05. The van der Waals surface area contributed by atoms with Gasteiger partial charge in [-0.15, -0.1) is 0 Å². The highest BCUT2D eigenvalue weighted by Crippen LogP contribution is 2.11. The van der Waals surface area contributed by atoms with Crippen LogP contribution in [0, 0.1) is 0 Å². The minimum Gasteiger partial charge on any atom is -0.462 e. The summed E-state index contributed by atoms with van der Waals surface area (Å²) in [4.78, 5) is 11.9. The smallest absolute Gasteiger partial charge is 0.333 e. The van der Waals surface area contributed by atoms with Crippen molar-refractivity contribution in [3.8, 4) is 0 Å². The quantitative estimate of drug-likeness (QED) is 0.233. The molecule has 0 heterocycles. The Morgan fingerprint density at radius 2 is 1.42 bits per heavy atom. The lowest BCUT2D eigenvalue weighted by Gasteiger charge is -2.05. The highest BCUT2D eigenvalue weighted by atomic mass is 16.5. The molecule has 24 heavy (non-hydrogen) atoms. The van der Waals surface area contributed by atoms with Crippen LogP contribution >= 0.6 is 0 Å². The first-order chi connectivity index (χ1) is 11.7. The number of carbonyl (C=O) groups excluding carboxylic acids is 1. The third kappa shape index (κ3) is 10.3. The zero-order chi connectivity index (χ0) is 17.5. The van der Waals surface area contributed by atoms with E-state index >= 15 is 0 Å². The predicted molar refractivity (Wildman–Crippen MR) is 103 cm³/mol. The molecule has 0 saturated heterocycles. The van der Waals surface area contributed by atoms with Crippen LogP contribution in [0.25, 0.3) is 6.08 Å². The molecule has 0 spiro atoms. The van der Waals surface area contributed by atoms with Crippen LogP contribution in [0.3, 0.4) is 0 Å². The van der Waals surface area contributed by atoms with E-state index in [2.05, 4.69) is 6.92 Å². The fourth-order valence-corrected chi connectivity index (χ4v) is 2.73. The molecule has 1 rings (SSSR count). The van der Waals surface area contributed by atoms with Crippen molar-refractivity contribution >= 4 is 12.0 Å².